The van der Waals surface area contributed by atoms with Gasteiger partial charge in [0.1, 0.15) is 11.4 Å². The second-order valence-electron chi connectivity index (χ2n) is 7.09. The lowest BCUT2D eigenvalue weighted by molar-refractivity contribution is -0.132. The van der Waals surface area contributed by atoms with Crippen molar-refractivity contribution in [2.45, 2.75) is 24.8 Å². The molecule has 8 heteroatoms. The fourth-order valence-corrected chi connectivity index (χ4v) is 5.12. The highest BCUT2D eigenvalue weighted by atomic mass is 32.2. The molecular formula is C18H20FN3O3S. The number of nitrogens with zero attached hydrogens (tertiary/aromatic N) is 2. The minimum absolute atomic E-state index is 0.0718. The van der Waals surface area contributed by atoms with Crippen molar-refractivity contribution in [1.82, 2.24) is 10.2 Å². The zero-order valence-electron chi connectivity index (χ0n) is 14.2. The Morgan fingerprint density at radius 3 is 2.54 bits per heavy atom. The third-order valence-corrected chi connectivity index (χ3v) is 6.36. The minimum atomic E-state index is -0.748. The molecule has 1 spiro atoms. The van der Waals surface area contributed by atoms with E-state index < -0.39 is 5.54 Å². The molecule has 3 heterocycles. The number of carbonyl (C=O) groups is 3. The van der Waals surface area contributed by atoms with Gasteiger partial charge in [0.15, 0.2) is 0 Å². The lowest BCUT2D eigenvalue weighted by Gasteiger charge is -2.30. The first-order chi connectivity index (χ1) is 12.5. The Kier molecular flexibility index (Phi) is 4.38. The molecule has 3 saturated heterocycles. The fraction of sp³-hybridized carbons (Fsp3) is 0.500. The van der Waals surface area contributed by atoms with Crippen molar-refractivity contribution in [3.05, 3.63) is 30.1 Å². The molecule has 1 unspecified atom stereocenters. The van der Waals surface area contributed by atoms with Crippen LogP contribution in [0.25, 0.3) is 0 Å². The topological polar surface area (TPSA) is 69.7 Å². The highest BCUT2D eigenvalue weighted by Crippen LogP contribution is 2.34. The highest BCUT2D eigenvalue weighted by molar-refractivity contribution is 7.99. The highest BCUT2D eigenvalue weighted by Gasteiger charge is 2.52. The lowest BCUT2D eigenvalue weighted by Crippen LogP contribution is -2.49. The molecule has 0 saturated carbocycles. The average molecular weight is 377 g/mol. The van der Waals surface area contributed by atoms with Crippen molar-refractivity contribution in [3.63, 3.8) is 0 Å². The molecule has 1 aromatic carbocycles. The van der Waals surface area contributed by atoms with Crippen molar-refractivity contribution in [3.8, 4) is 0 Å². The molecule has 0 aromatic heterocycles. The molecule has 4 amide bonds. The summed E-state index contributed by atoms with van der Waals surface area (Å²) in [5, 5.41) is 2.89. The van der Waals surface area contributed by atoms with Crippen LogP contribution < -0.4 is 10.2 Å². The van der Waals surface area contributed by atoms with Crippen LogP contribution in [0.3, 0.4) is 0 Å². The number of rotatable bonds is 3. The van der Waals surface area contributed by atoms with E-state index in [4.69, 9.17) is 0 Å². The zero-order chi connectivity index (χ0) is 18.3. The first kappa shape index (κ1) is 17.3. The second kappa shape index (κ2) is 6.57. The SMILES string of the molecule is O=C1NC2(CCSCC2)C(=O)N1CC1CC(=O)N(c2ccc(F)cc2)C1. The summed E-state index contributed by atoms with van der Waals surface area (Å²) < 4.78 is 13.1. The molecule has 3 aliphatic heterocycles. The number of nitrogens with one attached hydrogen (secondary N) is 1. The van der Waals surface area contributed by atoms with Crippen molar-refractivity contribution >= 4 is 35.3 Å². The van der Waals surface area contributed by atoms with E-state index in [-0.39, 0.29) is 42.5 Å². The van der Waals surface area contributed by atoms with Gasteiger partial charge in [0, 0.05) is 31.1 Å². The van der Waals surface area contributed by atoms with Crippen LogP contribution in [-0.2, 0) is 9.59 Å². The van der Waals surface area contributed by atoms with Crippen LogP contribution in [0.2, 0.25) is 0 Å². The van der Waals surface area contributed by atoms with Gasteiger partial charge in [-0.3, -0.25) is 14.5 Å². The normalized spacial score (nSPS) is 25.3. The molecule has 26 heavy (non-hydrogen) atoms. The summed E-state index contributed by atoms with van der Waals surface area (Å²) in [5.41, 5.74) is -0.112. The molecule has 138 valence electrons. The Bertz CT molecular complexity index is 749. The van der Waals surface area contributed by atoms with E-state index in [9.17, 15) is 18.8 Å². The van der Waals surface area contributed by atoms with Crippen molar-refractivity contribution in [2.75, 3.05) is 29.5 Å². The Hall–Kier alpha value is -2.09. The van der Waals surface area contributed by atoms with Crippen molar-refractivity contribution in [1.29, 1.82) is 0 Å². The summed E-state index contributed by atoms with van der Waals surface area (Å²) >= 11 is 1.79. The Morgan fingerprint density at radius 1 is 1.15 bits per heavy atom. The number of thioether (sulfide) groups is 1. The summed E-state index contributed by atoms with van der Waals surface area (Å²) in [6.45, 7) is 0.660. The molecular weight excluding hydrogens is 357 g/mol. The van der Waals surface area contributed by atoms with Crippen molar-refractivity contribution < 1.29 is 18.8 Å². The predicted molar refractivity (Wildman–Crippen MR) is 96.4 cm³/mol. The van der Waals surface area contributed by atoms with Crippen LogP contribution in [0.1, 0.15) is 19.3 Å². The van der Waals surface area contributed by atoms with Crippen LogP contribution in [0.4, 0.5) is 14.9 Å². The number of hydrogen-bond donors (Lipinski definition) is 1. The summed E-state index contributed by atoms with van der Waals surface area (Å²) in [4.78, 5) is 40.4. The molecule has 6 nitrogen and oxygen atoms in total. The van der Waals surface area contributed by atoms with Crippen LogP contribution in [0, 0.1) is 11.7 Å². The molecule has 0 bridgehead atoms. The number of urea groups is 1. The number of benzene rings is 1. The van der Waals surface area contributed by atoms with Gasteiger partial charge in [0.05, 0.1) is 0 Å². The number of halogens is 1. The second-order valence-corrected chi connectivity index (χ2v) is 8.32. The average Bonchev–Trinajstić information content (AvgIpc) is 3.10. The largest absolute Gasteiger partial charge is 0.325 e. The summed E-state index contributed by atoms with van der Waals surface area (Å²) in [7, 11) is 0. The molecule has 0 aliphatic carbocycles. The maximum Gasteiger partial charge on any atom is 0.325 e. The smallest absolute Gasteiger partial charge is 0.323 e. The van der Waals surface area contributed by atoms with Gasteiger partial charge in [-0.1, -0.05) is 0 Å². The maximum atomic E-state index is 13.1. The number of carbonyl (C=O) groups excluding carboxylic acids is 3. The molecule has 1 atom stereocenters. The van der Waals surface area contributed by atoms with E-state index in [0.29, 0.717) is 25.1 Å². The zero-order valence-corrected chi connectivity index (χ0v) is 15.1. The molecule has 1 N–H and O–H groups in total. The van der Waals surface area contributed by atoms with Gasteiger partial charge >= 0.3 is 6.03 Å². The van der Waals surface area contributed by atoms with Gasteiger partial charge in [-0.2, -0.15) is 11.8 Å². The third kappa shape index (κ3) is 2.96. The van der Waals surface area contributed by atoms with E-state index in [2.05, 4.69) is 5.32 Å². The lowest BCUT2D eigenvalue weighted by atomic mass is 9.92. The summed E-state index contributed by atoms with van der Waals surface area (Å²) in [6, 6.07) is 5.42. The first-order valence-corrected chi connectivity index (χ1v) is 9.92. The van der Waals surface area contributed by atoms with E-state index in [1.807, 2.05) is 0 Å². The number of hydrogen-bond acceptors (Lipinski definition) is 4. The predicted octanol–water partition coefficient (Wildman–Crippen LogP) is 2.00. The molecule has 3 fully saturated rings. The molecule has 1 aromatic rings. The number of amides is 4. The Balaban J connectivity index is 1.45. The number of imide groups is 1. The molecule has 0 radical (unpaired) electrons. The van der Waals surface area contributed by atoms with E-state index in [1.165, 1.54) is 17.0 Å². The minimum Gasteiger partial charge on any atom is -0.323 e. The van der Waals surface area contributed by atoms with Gasteiger partial charge in [0.25, 0.3) is 5.91 Å². The van der Waals surface area contributed by atoms with E-state index in [1.54, 1.807) is 28.8 Å². The van der Waals surface area contributed by atoms with Crippen LogP contribution in [0.5, 0.6) is 0 Å². The van der Waals surface area contributed by atoms with Gasteiger partial charge in [-0.25, -0.2) is 9.18 Å². The first-order valence-electron chi connectivity index (χ1n) is 8.76. The van der Waals surface area contributed by atoms with E-state index in [0.717, 1.165) is 11.5 Å². The quantitative estimate of drug-likeness (QED) is 0.818. The summed E-state index contributed by atoms with van der Waals surface area (Å²) in [5.74, 6) is 1.02. The monoisotopic (exact) mass is 377 g/mol. The van der Waals surface area contributed by atoms with Gasteiger partial charge in [-0.15, -0.1) is 0 Å². The van der Waals surface area contributed by atoms with Crippen molar-refractivity contribution in [2.24, 2.45) is 5.92 Å². The van der Waals surface area contributed by atoms with E-state index >= 15 is 0 Å². The summed E-state index contributed by atoms with van der Waals surface area (Å²) in [6.07, 6.45) is 1.59. The van der Waals surface area contributed by atoms with Gasteiger partial charge in [-0.05, 0) is 48.6 Å². The molecule has 3 aliphatic rings. The number of anilines is 1. The molecule has 4 rings (SSSR count). The van der Waals surface area contributed by atoms with Crippen LogP contribution in [-0.4, -0.2) is 52.9 Å². The fourth-order valence-electron chi connectivity index (χ4n) is 3.93. The Labute approximate surface area is 155 Å². The van der Waals surface area contributed by atoms with Crippen LogP contribution >= 0.6 is 11.8 Å². The Morgan fingerprint density at radius 2 is 1.85 bits per heavy atom. The maximum absolute atomic E-state index is 13.1. The van der Waals surface area contributed by atoms with Crippen LogP contribution in [0.15, 0.2) is 24.3 Å². The third-order valence-electron chi connectivity index (χ3n) is 5.38. The van der Waals surface area contributed by atoms with Gasteiger partial charge < -0.3 is 10.2 Å². The van der Waals surface area contributed by atoms with Gasteiger partial charge in [0.2, 0.25) is 5.91 Å². The standard InChI is InChI=1S/C18H20FN3O3S/c19-13-1-3-14(4-2-13)21-10-12(9-15(21)23)11-22-16(24)18(20-17(22)25)5-7-26-8-6-18/h1-4,12H,5-11H2,(H,20,25).